The first-order valence-electron chi connectivity index (χ1n) is 10.6. The SMILES string of the molecule is CN/C=C(/S)c1ccccc1C=O.NCCCN1CCC(Oc2ccc(Cl)c(Cl)c2)CC1. The molecule has 1 saturated heterocycles. The molecule has 0 atom stereocenters. The lowest BCUT2D eigenvalue weighted by Crippen LogP contribution is -2.39. The van der Waals surface area contributed by atoms with Crippen molar-refractivity contribution in [1.82, 2.24) is 10.2 Å². The van der Waals surface area contributed by atoms with Crippen LogP contribution in [0.25, 0.3) is 4.91 Å². The molecule has 5 nitrogen and oxygen atoms in total. The highest BCUT2D eigenvalue weighted by Crippen LogP contribution is 2.28. The van der Waals surface area contributed by atoms with Crippen molar-refractivity contribution in [2.45, 2.75) is 25.4 Å². The maximum atomic E-state index is 10.7. The van der Waals surface area contributed by atoms with Gasteiger partial charge in [-0.25, -0.2) is 0 Å². The van der Waals surface area contributed by atoms with Crippen LogP contribution in [0.1, 0.15) is 35.2 Å². The number of nitrogens with two attached hydrogens (primary N) is 1. The fourth-order valence-electron chi connectivity index (χ4n) is 3.36. The number of piperidine rings is 1. The molecule has 0 amide bonds. The van der Waals surface area contributed by atoms with Crippen molar-refractivity contribution in [3.05, 3.63) is 69.8 Å². The Morgan fingerprint density at radius 3 is 2.56 bits per heavy atom. The average molecular weight is 497 g/mol. The predicted molar refractivity (Wildman–Crippen MR) is 138 cm³/mol. The molecule has 174 valence electrons. The van der Waals surface area contributed by atoms with E-state index in [1.807, 2.05) is 24.3 Å². The molecular formula is C24H31Cl2N3O2S. The molecule has 0 spiro atoms. The number of carbonyl (C=O) groups is 1. The van der Waals surface area contributed by atoms with E-state index in [2.05, 4.69) is 22.8 Å². The summed E-state index contributed by atoms with van der Waals surface area (Å²) >= 11 is 16.1. The lowest BCUT2D eigenvalue weighted by atomic mass is 10.1. The highest BCUT2D eigenvalue weighted by atomic mass is 35.5. The van der Waals surface area contributed by atoms with Gasteiger partial charge in [0.25, 0.3) is 0 Å². The minimum Gasteiger partial charge on any atom is -0.490 e. The Labute approximate surface area is 206 Å². The van der Waals surface area contributed by atoms with Gasteiger partial charge in [-0.05, 0) is 50.0 Å². The van der Waals surface area contributed by atoms with Crippen molar-refractivity contribution in [2.24, 2.45) is 5.73 Å². The van der Waals surface area contributed by atoms with E-state index in [-0.39, 0.29) is 6.10 Å². The predicted octanol–water partition coefficient (Wildman–Crippen LogP) is 5.13. The standard InChI is InChI=1S/C14H20Cl2N2O.C10H11NOS/c15-13-3-2-12(10-14(13)16)19-11-4-8-18(9-5-11)7-1-6-17;1-11-6-10(13)9-5-3-2-4-8(9)7-12/h2-3,10-11H,1,4-9,17H2;2-7,11,13H,1H3/b;10-6+. The van der Waals surface area contributed by atoms with E-state index in [1.54, 1.807) is 31.4 Å². The van der Waals surface area contributed by atoms with Crippen LogP contribution in [0.2, 0.25) is 10.0 Å². The fourth-order valence-corrected chi connectivity index (χ4v) is 3.98. The van der Waals surface area contributed by atoms with Gasteiger partial charge in [0.15, 0.2) is 6.29 Å². The average Bonchev–Trinajstić information content (AvgIpc) is 2.81. The molecule has 0 bridgehead atoms. The van der Waals surface area contributed by atoms with E-state index in [4.69, 9.17) is 33.7 Å². The molecule has 2 aromatic rings. The summed E-state index contributed by atoms with van der Waals surface area (Å²) < 4.78 is 5.95. The highest BCUT2D eigenvalue weighted by Gasteiger charge is 2.20. The van der Waals surface area contributed by atoms with Gasteiger partial charge in [-0.1, -0.05) is 47.5 Å². The van der Waals surface area contributed by atoms with Gasteiger partial charge in [-0.3, -0.25) is 4.79 Å². The lowest BCUT2D eigenvalue weighted by Gasteiger charge is -2.32. The Morgan fingerprint density at radius 2 is 1.94 bits per heavy atom. The van der Waals surface area contributed by atoms with Gasteiger partial charge in [-0.15, -0.1) is 12.6 Å². The number of rotatable bonds is 8. The first kappa shape index (κ1) is 26.6. The molecular weight excluding hydrogens is 465 g/mol. The van der Waals surface area contributed by atoms with Crippen LogP contribution in [0.5, 0.6) is 5.75 Å². The summed E-state index contributed by atoms with van der Waals surface area (Å²) in [6.45, 7) is 4.01. The summed E-state index contributed by atoms with van der Waals surface area (Å²) in [5, 5.41) is 3.96. The van der Waals surface area contributed by atoms with Crippen LogP contribution in [0, 0.1) is 0 Å². The molecule has 1 fully saturated rings. The van der Waals surface area contributed by atoms with Crippen LogP contribution in [0.4, 0.5) is 0 Å². The molecule has 3 N–H and O–H groups in total. The van der Waals surface area contributed by atoms with Gasteiger partial charge >= 0.3 is 0 Å². The Kier molecular flexibility index (Phi) is 12.0. The molecule has 1 heterocycles. The second-order valence-corrected chi connectivity index (χ2v) is 8.70. The zero-order valence-corrected chi connectivity index (χ0v) is 20.7. The van der Waals surface area contributed by atoms with Gasteiger partial charge in [-0.2, -0.15) is 0 Å². The van der Waals surface area contributed by atoms with Crippen molar-refractivity contribution in [1.29, 1.82) is 0 Å². The summed E-state index contributed by atoms with van der Waals surface area (Å²) in [4.78, 5) is 13.9. The third-order valence-electron chi connectivity index (χ3n) is 5.05. The normalized spacial score (nSPS) is 15.0. The molecule has 0 saturated carbocycles. The molecule has 2 aromatic carbocycles. The lowest BCUT2D eigenvalue weighted by molar-refractivity contribution is 0.100. The first-order chi connectivity index (χ1) is 15.5. The first-order valence-corrected chi connectivity index (χ1v) is 11.8. The number of ether oxygens (including phenoxy) is 1. The van der Waals surface area contributed by atoms with Gasteiger partial charge < -0.3 is 20.7 Å². The zero-order chi connectivity index (χ0) is 23.3. The van der Waals surface area contributed by atoms with E-state index < -0.39 is 0 Å². The molecule has 0 unspecified atom stereocenters. The van der Waals surface area contributed by atoms with Crippen LogP contribution in [-0.2, 0) is 0 Å². The van der Waals surface area contributed by atoms with Crippen LogP contribution in [-0.4, -0.2) is 50.5 Å². The number of halogens is 2. The molecule has 1 aliphatic rings. The maximum absolute atomic E-state index is 10.7. The van der Waals surface area contributed by atoms with E-state index in [9.17, 15) is 4.79 Å². The van der Waals surface area contributed by atoms with Crippen molar-refractivity contribution in [3.63, 3.8) is 0 Å². The number of likely N-dealkylation sites (tertiary alicyclic amines) is 1. The number of hydrogen-bond acceptors (Lipinski definition) is 6. The minimum absolute atomic E-state index is 0.270. The van der Waals surface area contributed by atoms with Crippen LogP contribution in [0.15, 0.2) is 48.7 Å². The quantitative estimate of drug-likeness (QED) is 0.349. The fraction of sp³-hybridized carbons (Fsp3) is 0.375. The molecule has 1 aliphatic heterocycles. The summed E-state index contributed by atoms with van der Waals surface area (Å²) in [6.07, 6.45) is 6.00. The molecule has 0 aromatic heterocycles. The molecule has 8 heteroatoms. The van der Waals surface area contributed by atoms with Gasteiger partial charge in [0.1, 0.15) is 11.9 Å². The van der Waals surface area contributed by atoms with Crippen molar-refractivity contribution >= 4 is 47.0 Å². The Balaban J connectivity index is 0.000000244. The molecule has 0 aliphatic carbocycles. The van der Waals surface area contributed by atoms with E-state index >= 15 is 0 Å². The monoisotopic (exact) mass is 495 g/mol. The highest BCUT2D eigenvalue weighted by molar-refractivity contribution is 7.90. The van der Waals surface area contributed by atoms with E-state index in [1.165, 1.54) is 0 Å². The van der Waals surface area contributed by atoms with Crippen LogP contribution < -0.4 is 15.8 Å². The number of nitrogens with zero attached hydrogens (tertiary/aromatic N) is 1. The Bertz CT molecular complexity index is 887. The minimum atomic E-state index is 0.270. The summed E-state index contributed by atoms with van der Waals surface area (Å²) in [6, 6.07) is 12.8. The Morgan fingerprint density at radius 1 is 1.22 bits per heavy atom. The van der Waals surface area contributed by atoms with Gasteiger partial charge in [0.2, 0.25) is 0 Å². The van der Waals surface area contributed by atoms with E-state index in [0.717, 1.165) is 67.9 Å². The molecule has 3 rings (SSSR count). The Hall–Kier alpha value is -1.70. The van der Waals surface area contributed by atoms with Crippen molar-refractivity contribution in [3.8, 4) is 5.75 Å². The third-order valence-corrected chi connectivity index (χ3v) is 6.16. The number of thiol groups is 1. The number of nitrogens with one attached hydrogen (secondary N) is 1. The summed E-state index contributed by atoms with van der Waals surface area (Å²) in [5.41, 5.74) is 7.02. The topological polar surface area (TPSA) is 67.6 Å². The number of aldehydes is 1. The third kappa shape index (κ3) is 8.68. The van der Waals surface area contributed by atoms with Crippen molar-refractivity contribution < 1.29 is 9.53 Å². The van der Waals surface area contributed by atoms with Crippen molar-refractivity contribution in [2.75, 3.05) is 33.2 Å². The van der Waals surface area contributed by atoms with Crippen LogP contribution in [0.3, 0.4) is 0 Å². The zero-order valence-electron chi connectivity index (χ0n) is 18.3. The molecule has 0 radical (unpaired) electrons. The summed E-state index contributed by atoms with van der Waals surface area (Å²) in [7, 11) is 1.79. The molecule has 32 heavy (non-hydrogen) atoms. The largest absolute Gasteiger partial charge is 0.490 e. The number of carbonyl (C=O) groups excluding carboxylic acids is 1. The van der Waals surface area contributed by atoms with E-state index in [0.29, 0.717) is 15.6 Å². The maximum Gasteiger partial charge on any atom is 0.150 e. The summed E-state index contributed by atoms with van der Waals surface area (Å²) in [5.74, 6) is 0.801. The number of hydrogen-bond donors (Lipinski definition) is 3. The number of benzene rings is 2. The van der Waals surface area contributed by atoms with Gasteiger partial charge in [0.05, 0.1) is 10.0 Å². The smallest absolute Gasteiger partial charge is 0.150 e. The van der Waals surface area contributed by atoms with Gasteiger partial charge in [0, 0.05) is 42.9 Å². The second-order valence-electron chi connectivity index (χ2n) is 7.40. The van der Waals surface area contributed by atoms with Crippen LogP contribution >= 0.6 is 35.8 Å². The second kappa shape index (κ2) is 14.4.